The smallest absolute Gasteiger partial charge is 0.387 e. The third kappa shape index (κ3) is 8.42. The summed E-state index contributed by atoms with van der Waals surface area (Å²) in [5.74, 6) is -0.331. The molecule has 0 radical (unpaired) electrons. The molecule has 3 saturated heterocycles. The minimum atomic E-state index is -6.16. The molecule has 0 aromatic heterocycles. The summed E-state index contributed by atoms with van der Waals surface area (Å²) in [4.78, 5) is 67.2. The summed E-state index contributed by atoms with van der Waals surface area (Å²) in [6, 6.07) is -1.40. The van der Waals surface area contributed by atoms with Crippen LogP contribution in [0.5, 0.6) is 0 Å². The Bertz CT molecular complexity index is 1910. The van der Waals surface area contributed by atoms with E-state index in [0.717, 1.165) is 6.34 Å². The average Bonchev–Trinajstić information content (AvgIpc) is 3.76. The van der Waals surface area contributed by atoms with E-state index < -0.39 is 124 Å². The van der Waals surface area contributed by atoms with E-state index in [-0.39, 0.29) is 18.3 Å². The molecule has 306 valence electrons. The molecule has 33 heteroatoms. The normalized spacial score (nSPS) is 41.9. The van der Waals surface area contributed by atoms with Crippen LogP contribution in [-0.4, -0.2) is 175 Å². The van der Waals surface area contributed by atoms with Crippen LogP contribution in [0.2, 0.25) is 0 Å². The van der Waals surface area contributed by atoms with Crippen molar-refractivity contribution >= 4 is 68.3 Å². The maximum Gasteiger partial charge on any atom is 0.490 e. The molecule has 0 aliphatic carbocycles. The van der Waals surface area contributed by atoms with E-state index in [9.17, 15) is 53.2 Å². The van der Waals surface area contributed by atoms with Crippen molar-refractivity contribution in [2.24, 2.45) is 47.3 Å². The molecule has 29 nitrogen and oxygen atoms in total. The van der Waals surface area contributed by atoms with Gasteiger partial charge in [0.25, 0.3) is 0 Å². The molecule has 3 fully saturated rings. The predicted molar refractivity (Wildman–Crippen MR) is 179 cm³/mol. The number of phosphoric ester groups is 2. The fourth-order valence-electron chi connectivity index (χ4n) is 6.45. The lowest BCUT2D eigenvalue weighted by atomic mass is 9.84. The average molecular weight is 866 g/mol. The molecule has 7 aliphatic heterocycles. The van der Waals surface area contributed by atoms with Crippen LogP contribution >= 0.6 is 31.3 Å². The van der Waals surface area contributed by atoms with Gasteiger partial charge in [0.1, 0.15) is 60.8 Å². The molecule has 0 saturated carbocycles. The highest BCUT2D eigenvalue weighted by Gasteiger charge is 2.56. The zero-order valence-corrected chi connectivity index (χ0v) is 31.1. The Balaban J connectivity index is 0.901. The second kappa shape index (κ2) is 15.0. The van der Waals surface area contributed by atoms with Crippen LogP contribution in [0.1, 0.15) is 0 Å². The first-order valence-electron chi connectivity index (χ1n) is 15.8. The van der Waals surface area contributed by atoms with Crippen LogP contribution in [0.4, 0.5) is 0 Å². The summed E-state index contributed by atoms with van der Waals surface area (Å²) in [5.41, 5.74) is 11.7. The van der Waals surface area contributed by atoms with Crippen molar-refractivity contribution in [3.63, 3.8) is 0 Å². The van der Waals surface area contributed by atoms with E-state index in [4.69, 9.17) is 30.2 Å². The fourth-order valence-corrected chi connectivity index (χ4v) is 11.4. The summed E-state index contributed by atoms with van der Waals surface area (Å²) in [5, 5.41) is 31.9. The third-order valence-electron chi connectivity index (χ3n) is 9.03. The predicted octanol–water partition coefficient (Wildman–Crippen LogP) is -4.11. The molecular formula is C22H34N10O19P4. The largest absolute Gasteiger partial charge is 0.490 e. The lowest BCUT2D eigenvalue weighted by Gasteiger charge is -2.52. The highest BCUT2D eigenvalue weighted by molar-refractivity contribution is 7.69. The molecule has 0 amide bonds. The molecule has 7 heterocycles. The van der Waals surface area contributed by atoms with Gasteiger partial charge in [0.05, 0.1) is 44.7 Å². The Morgan fingerprint density at radius 3 is 1.62 bits per heavy atom. The third-order valence-corrected chi connectivity index (χ3v) is 14.9. The maximum absolute atomic E-state index is 12.7. The lowest BCUT2D eigenvalue weighted by molar-refractivity contribution is -0.305. The topological polar surface area (TPSA) is 416 Å². The van der Waals surface area contributed by atoms with E-state index in [1.54, 1.807) is 0 Å². The number of hydrogen-bond acceptors (Lipinski definition) is 25. The molecule has 11 N–H and O–H groups in total. The van der Waals surface area contributed by atoms with Crippen LogP contribution in [-0.2, 0) is 54.5 Å². The van der Waals surface area contributed by atoms with E-state index in [2.05, 4.69) is 47.4 Å². The summed E-state index contributed by atoms with van der Waals surface area (Å²) < 4.78 is 88.3. The number of hydrogen-bond donors (Lipinski definition) is 9. The van der Waals surface area contributed by atoms with Crippen molar-refractivity contribution in [3.8, 4) is 0 Å². The molecule has 0 aromatic rings. The van der Waals surface area contributed by atoms with Crippen LogP contribution in [0, 0.1) is 5.92 Å². The minimum absolute atomic E-state index is 0.0222. The van der Waals surface area contributed by atoms with Crippen molar-refractivity contribution in [1.29, 1.82) is 0 Å². The molecule has 17 unspecified atom stereocenters. The van der Waals surface area contributed by atoms with Gasteiger partial charge in [-0.05, 0) is 0 Å². The first-order valence-corrected chi connectivity index (χ1v) is 21.7. The van der Waals surface area contributed by atoms with E-state index in [1.165, 1.54) is 28.8 Å². The van der Waals surface area contributed by atoms with Crippen LogP contribution in [0.3, 0.4) is 0 Å². The van der Waals surface area contributed by atoms with Gasteiger partial charge in [-0.2, -0.15) is 12.9 Å². The van der Waals surface area contributed by atoms with Crippen molar-refractivity contribution in [1.82, 2.24) is 9.80 Å². The Morgan fingerprint density at radius 2 is 1.13 bits per heavy atom. The number of rotatable bonds is 14. The van der Waals surface area contributed by atoms with Crippen molar-refractivity contribution in [2.75, 3.05) is 19.8 Å². The molecule has 17 atom stereocenters. The highest BCUT2D eigenvalue weighted by Crippen LogP contribution is 2.71. The number of aliphatic hydroxyl groups excluding tert-OH is 3. The molecular weight excluding hydrogens is 832 g/mol. The number of fused-ring (bicyclic) bond motifs is 3. The molecule has 0 spiro atoms. The van der Waals surface area contributed by atoms with Gasteiger partial charge < -0.3 is 70.4 Å². The highest BCUT2D eigenvalue weighted by atomic mass is 31.3. The number of amidine groups is 2. The molecule has 0 bridgehead atoms. The van der Waals surface area contributed by atoms with Gasteiger partial charge in [-0.3, -0.25) is 19.0 Å². The first-order chi connectivity index (χ1) is 25.7. The van der Waals surface area contributed by atoms with Gasteiger partial charge in [-0.15, -0.1) is 0 Å². The molecule has 0 aromatic carbocycles. The van der Waals surface area contributed by atoms with Crippen LogP contribution in [0.15, 0.2) is 30.0 Å². The van der Waals surface area contributed by atoms with Crippen molar-refractivity contribution in [2.45, 2.75) is 73.5 Å². The number of nitrogens with zero attached hydrogens (tertiary/aromatic N) is 8. The lowest BCUT2D eigenvalue weighted by Crippen LogP contribution is -2.68. The maximum atomic E-state index is 12.7. The van der Waals surface area contributed by atoms with Gasteiger partial charge in [-0.1, -0.05) is 0 Å². The van der Waals surface area contributed by atoms with Gasteiger partial charge in [0, 0.05) is 5.92 Å². The second-order valence-electron chi connectivity index (χ2n) is 12.6. The van der Waals surface area contributed by atoms with Crippen molar-refractivity contribution < 1.29 is 89.3 Å². The Labute approximate surface area is 308 Å². The number of aliphatic imine (C=N–C) groups is 6. The standard InChI is InChI=1S/C22H34N10O19P4/c23-17-11-19(27-4-25-17)31(6-29-11)21-14(34)13(33)10(48-21)3-46-53(38,39)50-55(42,43)51-54(40,41)49-52(36,37)45-2-9-8-1-44-16(8)15(35)22(47-9)32-7-30-12-18(24)26-5-28-20(12)32/h4-16,19-22,33-35H,1-3H2,(H,36,37)(H,38,39)(H,40,41)(H,42,43)(H2,23,25,27)(H2,24,26,28). The van der Waals surface area contributed by atoms with E-state index >= 15 is 0 Å². The number of phosphoric acid groups is 4. The zero-order chi connectivity index (χ0) is 39.7. The monoisotopic (exact) mass is 866 g/mol. The Morgan fingerprint density at radius 1 is 0.673 bits per heavy atom. The quantitative estimate of drug-likeness (QED) is 0.0749. The van der Waals surface area contributed by atoms with Gasteiger partial charge in [0.15, 0.2) is 24.8 Å². The van der Waals surface area contributed by atoms with Gasteiger partial charge in [0.2, 0.25) is 0 Å². The number of aliphatic hydroxyl groups is 3. The number of nitrogens with two attached hydrogens (primary N) is 2. The summed E-state index contributed by atoms with van der Waals surface area (Å²) in [6.45, 7) is -1.88. The van der Waals surface area contributed by atoms with Crippen LogP contribution < -0.4 is 11.5 Å². The summed E-state index contributed by atoms with van der Waals surface area (Å²) in [6.07, 6.45) is -7.38. The molecule has 7 rings (SSSR count). The summed E-state index contributed by atoms with van der Waals surface area (Å²) >= 11 is 0. The SMILES string of the molecule is NC1=NC=NC2C1N=CN2C1OC(COP(=O)(O)OP(=O)(O)OP(=O)(O)OP(=O)(O)OCC2OC(N3C=NC4C(N)=NC=NC43)C(O)C3OCC23)C(O)C1O. The fraction of sp³-hybridized carbons (Fsp3) is 0.727. The molecule has 7 aliphatic rings. The Kier molecular flexibility index (Phi) is 11.1. The Hall–Kier alpha value is -2.46. The summed E-state index contributed by atoms with van der Waals surface area (Å²) in [7, 11) is -23.7. The minimum Gasteiger partial charge on any atom is -0.387 e. The van der Waals surface area contributed by atoms with Crippen molar-refractivity contribution in [3.05, 3.63) is 0 Å². The second-order valence-corrected chi connectivity index (χ2v) is 18.8. The van der Waals surface area contributed by atoms with Gasteiger partial charge >= 0.3 is 31.3 Å². The van der Waals surface area contributed by atoms with E-state index in [1.807, 2.05) is 0 Å². The molecule has 55 heavy (non-hydrogen) atoms. The first kappa shape index (κ1) is 40.7. The van der Waals surface area contributed by atoms with Crippen LogP contribution in [0.25, 0.3) is 0 Å². The van der Waals surface area contributed by atoms with Gasteiger partial charge in [-0.25, -0.2) is 38.2 Å². The van der Waals surface area contributed by atoms with E-state index in [0.29, 0.717) is 0 Å². The zero-order valence-electron chi connectivity index (χ0n) is 27.5. The number of ether oxygens (including phenoxy) is 3.